The van der Waals surface area contributed by atoms with Crippen LogP contribution >= 0.6 is 11.8 Å². The van der Waals surface area contributed by atoms with Gasteiger partial charge in [0, 0.05) is 0 Å². The van der Waals surface area contributed by atoms with Crippen molar-refractivity contribution < 1.29 is 13.9 Å². The Hall–Kier alpha value is -1.03. The van der Waals surface area contributed by atoms with Gasteiger partial charge in [-0.3, -0.25) is 4.79 Å². The molecule has 4 heteroatoms. The molecule has 1 aromatic rings. The van der Waals surface area contributed by atoms with Crippen molar-refractivity contribution in [1.82, 2.24) is 0 Å². The van der Waals surface area contributed by atoms with E-state index < -0.39 is 0 Å². The van der Waals surface area contributed by atoms with Crippen LogP contribution in [0.4, 0.5) is 4.39 Å². The monoisotopic (exact) mass is 200 g/mol. The zero-order valence-corrected chi connectivity index (χ0v) is 8.15. The summed E-state index contributed by atoms with van der Waals surface area (Å²) in [5.74, 6) is -0.0579. The Bertz CT molecular complexity index is 326. The lowest BCUT2D eigenvalue weighted by atomic mass is 10.2. The van der Waals surface area contributed by atoms with E-state index >= 15 is 0 Å². The predicted octanol–water partition coefficient (Wildman–Crippen LogP) is 2.37. The third-order valence-electron chi connectivity index (χ3n) is 1.63. The molecule has 1 aromatic carbocycles. The average molecular weight is 200 g/mol. The van der Waals surface area contributed by atoms with Crippen molar-refractivity contribution in [2.24, 2.45) is 0 Å². The summed E-state index contributed by atoms with van der Waals surface area (Å²) in [5, 5.41) is 0. The molecule has 0 aliphatic carbocycles. The van der Waals surface area contributed by atoms with Crippen LogP contribution in [0.3, 0.4) is 0 Å². The van der Waals surface area contributed by atoms with Crippen molar-refractivity contribution in [3.63, 3.8) is 0 Å². The molecule has 0 radical (unpaired) electrons. The lowest BCUT2D eigenvalue weighted by Crippen LogP contribution is -1.95. The van der Waals surface area contributed by atoms with Gasteiger partial charge in [0.2, 0.25) is 0 Å². The maximum Gasteiger partial charge on any atom is 0.153 e. The summed E-state index contributed by atoms with van der Waals surface area (Å²) < 4.78 is 18.1. The first-order valence-corrected chi connectivity index (χ1v) is 4.82. The molecule has 0 atom stereocenters. The van der Waals surface area contributed by atoms with Gasteiger partial charge in [0.05, 0.1) is 17.6 Å². The second kappa shape index (κ2) is 4.28. The van der Waals surface area contributed by atoms with E-state index in [1.54, 1.807) is 6.26 Å². The molecule has 0 fully saturated rings. The van der Waals surface area contributed by atoms with Crippen LogP contribution in [-0.2, 0) is 0 Å². The van der Waals surface area contributed by atoms with Gasteiger partial charge in [0.15, 0.2) is 6.29 Å². The van der Waals surface area contributed by atoms with E-state index in [9.17, 15) is 9.18 Å². The number of hydrogen-bond acceptors (Lipinski definition) is 3. The Morgan fingerprint density at radius 1 is 1.54 bits per heavy atom. The molecule has 0 saturated carbocycles. The molecule has 0 bridgehead atoms. The van der Waals surface area contributed by atoms with Crippen LogP contribution in [0.5, 0.6) is 5.75 Å². The fourth-order valence-corrected chi connectivity index (χ4v) is 1.70. The number of benzene rings is 1. The Balaban J connectivity index is 3.35. The minimum Gasteiger partial charge on any atom is -0.495 e. The van der Waals surface area contributed by atoms with Gasteiger partial charge in [-0.15, -0.1) is 11.8 Å². The van der Waals surface area contributed by atoms with Gasteiger partial charge in [-0.25, -0.2) is 4.39 Å². The number of hydrogen-bond donors (Lipinski definition) is 0. The van der Waals surface area contributed by atoms with Crippen LogP contribution in [0.15, 0.2) is 17.0 Å². The highest BCUT2D eigenvalue weighted by Crippen LogP contribution is 2.32. The molecule has 0 N–H and O–H groups in total. The second-order valence-corrected chi connectivity index (χ2v) is 3.14. The van der Waals surface area contributed by atoms with Crippen molar-refractivity contribution >= 4 is 18.0 Å². The van der Waals surface area contributed by atoms with Gasteiger partial charge in [-0.1, -0.05) is 0 Å². The lowest BCUT2D eigenvalue weighted by Gasteiger charge is -2.08. The maximum absolute atomic E-state index is 13.1. The Kier molecular flexibility index (Phi) is 3.31. The highest BCUT2D eigenvalue weighted by atomic mass is 32.2. The molecule has 0 heterocycles. The Labute approximate surface area is 80.1 Å². The number of halogens is 1. The zero-order chi connectivity index (χ0) is 9.84. The quantitative estimate of drug-likeness (QED) is 0.553. The molecule has 0 aliphatic heterocycles. The molecule has 0 spiro atoms. The molecule has 13 heavy (non-hydrogen) atoms. The zero-order valence-electron chi connectivity index (χ0n) is 7.33. The topological polar surface area (TPSA) is 26.3 Å². The molecule has 0 saturated heterocycles. The molecule has 2 nitrogen and oxygen atoms in total. The smallest absolute Gasteiger partial charge is 0.153 e. The summed E-state index contributed by atoms with van der Waals surface area (Å²) in [6.45, 7) is 0. The van der Waals surface area contributed by atoms with Crippen molar-refractivity contribution in [3.05, 3.63) is 23.5 Å². The van der Waals surface area contributed by atoms with Crippen LogP contribution in [0.2, 0.25) is 0 Å². The fraction of sp³-hybridized carbons (Fsp3) is 0.222. The summed E-state index contributed by atoms with van der Waals surface area (Å²) in [6, 6.07) is 2.67. The number of aldehydes is 1. The maximum atomic E-state index is 13.1. The van der Waals surface area contributed by atoms with E-state index in [4.69, 9.17) is 4.74 Å². The van der Waals surface area contributed by atoms with Gasteiger partial charge in [0.25, 0.3) is 0 Å². The van der Waals surface area contributed by atoms with Crippen molar-refractivity contribution in [3.8, 4) is 5.75 Å². The number of methoxy groups -OCH3 is 1. The normalized spacial score (nSPS) is 9.77. The SMILES string of the molecule is COc1c(C=O)ccc(F)c1SC. The van der Waals surface area contributed by atoms with E-state index in [1.807, 2.05) is 0 Å². The van der Waals surface area contributed by atoms with Crippen molar-refractivity contribution in [2.75, 3.05) is 13.4 Å². The second-order valence-electron chi connectivity index (χ2n) is 2.32. The van der Waals surface area contributed by atoms with Gasteiger partial charge < -0.3 is 4.74 Å². The van der Waals surface area contributed by atoms with Crippen LogP contribution < -0.4 is 4.74 Å². The summed E-state index contributed by atoms with van der Waals surface area (Å²) in [4.78, 5) is 10.9. The predicted molar refractivity (Wildman–Crippen MR) is 50.1 cm³/mol. The Morgan fingerprint density at radius 2 is 2.23 bits per heavy atom. The minimum atomic E-state index is -0.366. The summed E-state index contributed by atoms with van der Waals surface area (Å²) in [6.07, 6.45) is 2.38. The molecule has 0 aliphatic rings. The fourth-order valence-electron chi connectivity index (χ4n) is 1.05. The van der Waals surface area contributed by atoms with E-state index in [1.165, 1.54) is 31.0 Å². The van der Waals surface area contributed by atoms with E-state index in [0.717, 1.165) is 0 Å². The number of ether oxygens (including phenoxy) is 1. The van der Waals surface area contributed by atoms with E-state index in [-0.39, 0.29) is 5.82 Å². The average Bonchev–Trinajstić information content (AvgIpc) is 2.17. The third kappa shape index (κ3) is 1.83. The minimum absolute atomic E-state index is 0.308. The highest BCUT2D eigenvalue weighted by Gasteiger charge is 2.12. The molecule has 70 valence electrons. The largest absolute Gasteiger partial charge is 0.495 e. The van der Waals surface area contributed by atoms with Crippen LogP contribution in [0.25, 0.3) is 0 Å². The molecule has 0 unspecified atom stereocenters. The van der Waals surface area contributed by atoms with Gasteiger partial charge >= 0.3 is 0 Å². The molecule has 1 rings (SSSR count). The van der Waals surface area contributed by atoms with E-state index in [2.05, 4.69) is 0 Å². The molecular weight excluding hydrogens is 191 g/mol. The first kappa shape index (κ1) is 10.1. The van der Waals surface area contributed by atoms with Gasteiger partial charge in [0.1, 0.15) is 11.6 Å². The highest BCUT2D eigenvalue weighted by molar-refractivity contribution is 7.98. The molecule has 0 amide bonds. The van der Waals surface area contributed by atoms with Gasteiger partial charge in [-0.05, 0) is 18.4 Å². The third-order valence-corrected chi connectivity index (χ3v) is 2.42. The summed E-state index contributed by atoms with van der Waals surface area (Å²) in [5.41, 5.74) is 0.369. The first-order valence-electron chi connectivity index (χ1n) is 3.60. The number of carbonyl (C=O) groups excluding carboxylic acids is 1. The van der Waals surface area contributed by atoms with Crippen molar-refractivity contribution in [2.45, 2.75) is 4.90 Å². The standard InChI is InChI=1S/C9H9FO2S/c1-12-8-6(5-11)3-4-7(10)9(8)13-2/h3-5H,1-2H3. The first-order chi connectivity index (χ1) is 6.24. The van der Waals surface area contributed by atoms with Crippen molar-refractivity contribution in [1.29, 1.82) is 0 Å². The van der Waals surface area contributed by atoms with Crippen LogP contribution in [0, 0.1) is 5.82 Å². The number of rotatable bonds is 3. The number of thioether (sulfide) groups is 1. The Morgan fingerprint density at radius 3 is 2.69 bits per heavy atom. The summed E-state index contributed by atoms with van der Waals surface area (Å²) >= 11 is 1.22. The van der Waals surface area contributed by atoms with Crippen LogP contribution in [-0.4, -0.2) is 19.7 Å². The lowest BCUT2D eigenvalue weighted by molar-refractivity contribution is 0.112. The molecule has 0 aromatic heterocycles. The molecular formula is C9H9FO2S. The summed E-state index contributed by atoms with van der Waals surface area (Å²) in [7, 11) is 1.42. The van der Waals surface area contributed by atoms with Crippen LogP contribution in [0.1, 0.15) is 10.4 Å². The van der Waals surface area contributed by atoms with E-state index in [0.29, 0.717) is 22.5 Å². The van der Waals surface area contributed by atoms with Gasteiger partial charge in [-0.2, -0.15) is 0 Å². The number of carbonyl (C=O) groups is 1.